The van der Waals surface area contributed by atoms with Crippen LogP contribution in [0.1, 0.15) is 32.8 Å². The molecular weight excluding hydrogens is 288 g/mol. The maximum Gasteiger partial charge on any atom is 0.241 e. The summed E-state index contributed by atoms with van der Waals surface area (Å²) < 4.78 is 0. The van der Waals surface area contributed by atoms with Gasteiger partial charge >= 0.3 is 0 Å². The molecule has 0 aliphatic rings. The molecule has 1 amide bonds. The van der Waals surface area contributed by atoms with E-state index in [1.165, 1.54) is 5.56 Å². The SMILES string of the molecule is CCNC(=NCC(=O)NCCc1ccccc1)NCCC(C)C. The summed E-state index contributed by atoms with van der Waals surface area (Å²) in [4.78, 5) is 16.2. The van der Waals surface area contributed by atoms with Gasteiger partial charge in [-0.1, -0.05) is 44.2 Å². The fourth-order valence-electron chi connectivity index (χ4n) is 2.02. The average molecular weight is 318 g/mol. The van der Waals surface area contributed by atoms with Gasteiger partial charge in [0.2, 0.25) is 5.91 Å². The molecule has 1 aromatic rings. The highest BCUT2D eigenvalue weighted by atomic mass is 16.1. The molecule has 0 aromatic heterocycles. The molecule has 0 bridgehead atoms. The van der Waals surface area contributed by atoms with E-state index in [4.69, 9.17) is 0 Å². The monoisotopic (exact) mass is 318 g/mol. The van der Waals surface area contributed by atoms with Crippen LogP contribution in [0.5, 0.6) is 0 Å². The molecule has 0 saturated heterocycles. The highest BCUT2D eigenvalue weighted by Crippen LogP contribution is 1.98. The summed E-state index contributed by atoms with van der Waals surface area (Å²) in [6, 6.07) is 10.1. The molecule has 1 rings (SSSR count). The van der Waals surface area contributed by atoms with E-state index in [1.54, 1.807) is 0 Å². The second-order valence-corrected chi connectivity index (χ2v) is 5.89. The van der Waals surface area contributed by atoms with Crippen LogP contribution >= 0.6 is 0 Å². The lowest BCUT2D eigenvalue weighted by Crippen LogP contribution is -2.39. The van der Waals surface area contributed by atoms with Crippen LogP contribution in [-0.4, -0.2) is 38.0 Å². The van der Waals surface area contributed by atoms with Gasteiger partial charge in [-0.2, -0.15) is 0 Å². The number of carbonyl (C=O) groups excluding carboxylic acids is 1. The largest absolute Gasteiger partial charge is 0.357 e. The average Bonchev–Trinajstić information content (AvgIpc) is 2.53. The molecule has 1 aromatic carbocycles. The van der Waals surface area contributed by atoms with Crippen LogP contribution in [0.25, 0.3) is 0 Å². The minimum absolute atomic E-state index is 0.0537. The number of hydrogen-bond acceptors (Lipinski definition) is 2. The van der Waals surface area contributed by atoms with Crippen LogP contribution in [0.2, 0.25) is 0 Å². The first-order valence-electron chi connectivity index (χ1n) is 8.44. The van der Waals surface area contributed by atoms with E-state index in [0.29, 0.717) is 18.4 Å². The maximum absolute atomic E-state index is 11.9. The van der Waals surface area contributed by atoms with E-state index < -0.39 is 0 Å². The molecule has 0 atom stereocenters. The van der Waals surface area contributed by atoms with Gasteiger partial charge in [0.1, 0.15) is 6.54 Å². The van der Waals surface area contributed by atoms with Gasteiger partial charge in [0.05, 0.1) is 0 Å². The Labute approximate surface area is 140 Å². The van der Waals surface area contributed by atoms with Gasteiger partial charge < -0.3 is 16.0 Å². The summed E-state index contributed by atoms with van der Waals surface area (Å²) >= 11 is 0. The van der Waals surface area contributed by atoms with Crippen molar-refractivity contribution in [3.63, 3.8) is 0 Å². The minimum Gasteiger partial charge on any atom is -0.357 e. The molecular formula is C18H30N4O. The zero-order valence-electron chi connectivity index (χ0n) is 14.6. The van der Waals surface area contributed by atoms with Crippen molar-refractivity contribution in [3.8, 4) is 0 Å². The third-order valence-electron chi connectivity index (χ3n) is 3.32. The number of aliphatic imine (C=N–C) groups is 1. The van der Waals surface area contributed by atoms with Crippen LogP contribution in [0.15, 0.2) is 35.3 Å². The second kappa shape index (κ2) is 11.5. The standard InChI is InChI=1S/C18H30N4O/c1-4-19-18(21-12-10-15(2)3)22-14-17(23)20-13-11-16-8-6-5-7-9-16/h5-9,15H,4,10-14H2,1-3H3,(H,20,23)(H2,19,21,22). The Bertz CT molecular complexity index is 471. The summed E-state index contributed by atoms with van der Waals surface area (Å²) in [5.41, 5.74) is 1.22. The fourth-order valence-corrected chi connectivity index (χ4v) is 2.02. The lowest BCUT2D eigenvalue weighted by molar-refractivity contribution is -0.119. The van der Waals surface area contributed by atoms with Gasteiger partial charge in [0.25, 0.3) is 0 Å². The first kappa shape index (κ1) is 19.0. The van der Waals surface area contributed by atoms with Gasteiger partial charge in [-0.05, 0) is 31.2 Å². The normalized spacial score (nSPS) is 11.4. The van der Waals surface area contributed by atoms with E-state index in [9.17, 15) is 4.79 Å². The maximum atomic E-state index is 11.9. The van der Waals surface area contributed by atoms with Crippen molar-refractivity contribution in [1.29, 1.82) is 0 Å². The van der Waals surface area contributed by atoms with Crippen molar-refractivity contribution < 1.29 is 4.79 Å². The van der Waals surface area contributed by atoms with Crippen molar-refractivity contribution >= 4 is 11.9 Å². The zero-order chi connectivity index (χ0) is 16.9. The summed E-state index contributed by atoms with van der Waals surface area (Å²) in [6.45, 7) is 8.81. The van der Waals surface area contributed by atoms with Crippen LogP contribution in [0, 0.1) is 5.92 Å². The number of guanidine groups is 1. The van der Waals surface area contributed by atoms with Crippen molar-refractivity contribution in [2.24, 2.45) is 10.9 Å². The van der Waals surface area contributed by atoms with Crippen LogP contribution in [0.3, 0.4) is 0 Å². The Morgan fingerprint density at radius 3 is 2.48 bits per heavy atom. The highest BCUT2D eigenvalue weighted by Gasteiger charge is 2.02. The Morgan fingerprint density at radius 2 is 1.83 bits per heavy atom. The molecule has 128 valence electrons. The Hall–Kier alpha value is -2.04. The summed E-state index contributed by atoms with van der Waals surface area (Å²) in [7, 11) is 0. The molecule has 3 N–H and O–H groups in total. The fraction of sp³-hybridized carbons (Fsp3) is 0.556. The predicted molar refractivity (Wildman–Crippen MR) is 96.6 cm³/mol. The van der Waals surface area contributed by atoms with Crippen molar-refractivity contribution in [2.75, 3.05) is 26.2 Å². The number of carbonyl (C=O) groups is 1. The van der Waals surface area contributed by atoms with Crippen LogP contribution in [-0.2, 0) is 11.2 Å². The number of hydrogen-bond donors (Lipinski definition) is 3. The molecule has 0 aliphatic heterocycles. The topological polar surface area (TPSA) is 65.5 Å². The van der Waals surface area contributed by atoms with E-state index in [1.807, 2.05) is 25.1 Å². The predicted octanol–water partition coefficient (Wildman–Crippen LogP) is 1.95. The number of rotatable bonds is 9. The van der Waals surface area contributed by atoms with Crippen molar-refractivity contribution in [2.45, 2.75) is 33.6 Å². The Balaban J connectivity index is 2.29. The molecule has 5 nitrogen and oxygen atoms in total. The molecule has 0 saturated carbocycles. The number of nitrogens with one attached hydrogen (secondary N) is 3. The molecule has 5 heteroatoms. The van der Waals surface area contributed by atoms with Gasteiger partial charge in [-0.3, -0.25) is 4.79 Å². The molecule has 0 radical (unpaired) electrons. The summed E-state index contributed by atoms with van der Waals surface area (Å²) in [5.74, 6) is 1.29. The lowest BCUT2D eigenvalue weighted by Gasteiger charge is -2.12. The number of nitrogens with zero attached hydrogens (tertiary/aromatic N) is 1. The summed E-state index contributed by atoms with van der Waals surface area (Å²) in [6.07, 6.45) is 1.91. The number of benzene rings is 1. The van der Waals surface area contributed by atoms with E-state index in [2.05, 4.69) is 46.9 Å². The molecule has 23 heavy (non-hydrogen) atoms. The first-order valence-corrected chi connectivity index (χ1v) is 8.44. The van der Waals surface area contributed by atoms with Crippen LogP contribution < -0.4 is 16.0 Å². The highest BCUT2D eigenvalue weighted by molar-refractivity contribution is 5.84. The smallest absolute Gasteiger partial charge is 0.241 e. The lowest BCUT2D eigenvalue weighted by atomic mass is 10.1. The van der Waals surface area contributed by atoms with Gasteiger partial charge in [-0.25, -0.2) is 4.99 Å². The molecule has 0 unspecified atom stereocenters. The third-order valence-corrected chi connectivity index (χ3v) is 3.32. The van der Waals surface area contributed by atoms with E-state index in [0.717, 1.165) is 25.9 Å². The van der Waals surface area contributed by atoms with Crippen molar-refractivity contribution in [1.82, 2.24) is 16.0 Å². The first-order chi connectivity index (χ1) is 11.1. The van der Waals surface area contributed by atoms with E-state index in [-0.39, 0.29) is 12.5 Å². The van der Waals surface area contributed by atoms with Gasteiger partial charge in [-0.15, -0.1) is 0 Å². The van der Waals surface area contributed by atoms with Crippen molar-refractivity contribution in [3.05, 3.63) is 35.9 Å². The Kier molecular flexibility index (Phi) is 9.52. The van der Waals surface area contributed by atoms with Gasteiger partial charge in [0.15, 0.2) is 5.96 Å². The molecule has 0 fully saturated rings. The van der Waals surface area contributed by atoms with Crippen LogP contribution in [0.4, 0.5) is 0 Å². The quantitative estimate of drug-likeness (QED) is 0.482. The minimum atomic E-state index is -0.0537. The molecule has 0 aliphatic carbocycles. The third kappa shape index (κ3) is 9.55. The zero-order valence-corrected chi connectivity index (χ0v) is 14.6. The number of amides is 1. The van der Waals surface area contributed by atoms with Gasteiger partial charge in [0, 0.05) is 19.6 Å². The molecule has 0 spiro atoms. The van der Waals surface area contributed by atoms with E-state index >= 15 is 0 Å². The second-order valence-electron chi connectivity index (χ2n) is 5.89. The summed E-state index contributed by atoms with van der Waals surface area (Å²) in [5, 5.41) is 9.30. The Morgan fingerprint density at radius 1 is 1.09 bits per heavy atom. The molecule has 0 heterocycles.